The van der Waals surface area contributed by atoms with E-state index in [1.165, 1.54) is 11.8 Å². The second kappa shape index (κ2) is 5.91. The first-order valence-electron chi connectivity index (χ1n) is 6.97. The predicted molar refractivity (Wildman–Crippen MR) is 78.9 cm³/mol. The fourth-order valence-corrected chi connectivity index (χ4v) is 2.50. The van der Waals surface area contributed by atoms with E-state index in [4.69, 9.17) is 0 Å². The molecule has 2 rings (SSSR count). The van der Waals surface area contributed by atoms with Gasteiger partial charge in [-0.3, -0.25) is 14.4 Å². The van der Waals surface area contributed by atoms with Crippen molar-refractivity contribution >= 4 is 17.5 Å². The first kappa shape index (κ1) is 15.0. The molecule has 1 aliphatic rings. The fraction of sp³-hybridized carbons (Fsp3) is 0.312. The molecular formula is C16H18N2O3. The van der Waals surface area contributed by atoms with Crippen LogP contribution >= 0.6 is 0 Å². The lowest BCUT2D eigenvalue weighted by Gasteiger charge is -2.28. The number of nitrogens with one attached hydrogen (secondary N) is 1. The Hall–Kier alpha value is -2.43. The summed E-state index contributed by atoms with van der Waals surface area (Å²) in [5.41, 5.74) is 1.08. The van der Waals surface area contributed by atoms with Crippen molar-refractivity contribution in [3.8, 4) is 0 Å². The number of hydrogen-bond donors (Lipinski definition) is 1. The monoisotopic (exact) mass is 286 g/mol. The molecule has 1 N–H and O–H groups in total. The lowest BCUT2D eigenvalue weighted by Crippen LogP contribution is -2.40. The van der Waals surface area contributed by atoms with Crippen molar-refractivity contribution in [2.75, 3.05) is 13.1 Å². The van der Waals surface area contributed by atoms with E-state index in [9.17, 15) is 14.4 Å². The Bertz CT molecular complexity index is 647. The Morgan fingerprint density at radius 3 is 2.14 bits per heavy atom. The second-order valence-corrected chi connectivity index (χ2v) is 4.72. The first-order valence-corrected chi connectivity index (χ1v) is 6.97. The number of carbonyl (C=O) groups is 3. The van der Waals surface area contributed by atoms with Gasteiger partial charge in [0.15, 0.2) is 0 Å². The SMILES string of the molecule is CCNC1=C(N(CC)C(C)=O)C(=O)c2ccccc2C1=O. The van der Waals surface area contributed by atoms with Crippen LogP contribution in [0.2, 0.25) is 0 Å². The maximum atomic E-state index is 12.7. The Labute approximate surface area is 123 Å². The largest absolute Gasteiger partial charge is 0.380 e. The normalized spacial score (nSPS) is 14.0. The average molecular weight is 286 g/mol. The van der Waals surface area contributed by atoms with Crippen LogP contribution in [0.4, 0.5) is 0 Å². The lowest BCUT2D eigenvalue weighted by atomic mass is 9.89. The van der Waals surface area contributed by atoms with Crippen molar-refractivity contribution in [3.05, 3.63) is 46.8 Å². The van der Waals surface area contributed by atoms with Gasteiger partial charge in [-0.05, 0) is 13.8 Å². The van der Waals surface area contributed by atoms with Crippen molar-refractivity contribution in [2.45, 2.75) is 20.8 Å². The van der Waals surface area contributed by atoms with E-state index in [-0.39, 0.29) is 28.9 Å². The number of hydrogen-bond acceptors (Lipinski definition) is 4. The highest BCUT2D eigenvalue weighted by molar-refractivity contribution is 6.27. The van der Waals surface area contributed by atoms with Crippen LogP contribution in [0.1, 0.15) is 41.5 Å². The number of ketones is 2. The maximum Gasteiger partial charge on any atom is 0.224 e. The van der Waals surface area contributed by atoms with E-state index in [0.29, 0.717) is 24.2 Å². The predicted octanol–water partition coefficient (Wildman–Crippen LogP) is 1.76. The molecule has 0 radical (unpaired) electrons. The Morgan fingerprint density at radius 1 is 1.10 bits per heavy atom. The molecule has 1 amide bonds. The smallest absolute Gasteiger partial charge is 0.224 e. The third kappa shape index (κ3) is 2.46. The second-order valence-electron chi connectivity index (χ2n) is 4.72. The summed E-state index contributed by atoms with van der Waals surface area (Å²) in [6, 6.07) is 6.69. The summed E-state index contributed by atoms with van der Waals surface area (Å²) in [6.45, 7) is 5.83. The van der Waals surface area contributed by atoms with Gasteiger partial charge in [0.1, 0.15) is 11.4 Å². The molecule has 21 heavy (non-hydrogen) atoms. The molecule has 0 bridgehead atoms. The molecule has 0 heterocycles. The highest BCUT2D eigenvalue weighted by atomic mass is 16.2. The third-order valence-electron chi connectivity index (χ3n) is 3.42. The molecule has 0 saturated heterocycles. The van der Waals surface area contributed by atoms with Crippen molar-refractivity contribution in [2.24, 2.45) is 0 Å². The molecule has 110 valence electrons. The number of carbonyl (C=O) groups excluding carboxylic acids is 3. The van der Waals surface area contributed by atoms with E-state index in [2.05, 4.69) is 5.32 Å². The van der Waals surface area contributed by atoms with Crippen molar-refractivity contribution in [1.29, 1.82) is 0 Å². The van der Waals surface area contributed by atoms with Crippen LogP contribution in [0, 0.1) is 0 Å². The zero-order chi connectivity index (χ0) is 15.6. The van der Waals surface area contributed by atoms with Crippen LogP contribution in [0.25, 0.3) is 0 Å². The lowest BCUT2D eigenvalue weighted by molar-refractivity contribution is -0.126. The minimum Gasteiger partial charge on any atom is -0.380 e. The van der Waals surface area contributed by atoms with Crippen LogP contribution in [0.3, 0.4) is 0 Å². The molecule has 5 nitrogen and oxygen atoms in total. The molecule has 1 aromatic rings. The molecule has 0 aliphatic heterocycles. The van der Waals surface area contributed by atoms with E-state index in [1.807, 2.05) is 6.92 Å². The van der Waals surface area contributed by atoms with Gasteiger partial charge in [0.25, 0.3) is 0 Å². The maximum absolute atomic E-state index is 12.7. The quantitative estimate of drug-likeness (QED) is 0.916. The van der Waals surface area contributed by atoms with Gasteiger partial charge in [0.2, 0.25) is 17.5 Å². The minimum atomic E-state index is -0.293. The number of nitrogens with zero attached hydrogens (tertiary/aromatic N) is 1. The molecular weight excluding hydrogens is 268 g/mol. The molecule has 1 aromatic carbocycles. The summed E-state index contributed by atoms with van der Waals surface area (Å²) in [6.07, 6.45) is 0. The summed E-state index contributed by atoms with van der Waals surface area (Å²) in [5.74, 6) is -0.802. The summed E-state index contributed by atoms with van der Waals surface area (Å²) < 4.78 is 0. The molecule has 0 spiro atoms. The van der Waals surface area contributed by atoms with Crippen LogP contribution in [0.15, 0.2) is 35.7 Å². The third-order valence-corrected chi connectivity index (χ3v) is 3.42. The zero-order valence-electron chi connectivity index (χ0n) is 12.4. The van der Waals surface area contributed by atoms with Gasteiger partial charge in [-0.15, -0.1) is 0 Å². The minimum absolute atomic E-state index is 0.149. The highest BCUT2D eigenvalue weighted by Gasteiger charge is 2.35. The number of Topliss-reactive ketones (excluding diaryl/α,β-unsaturated/α-hetero) is 2. The number of benzene rings is 1. The van der Waals surface area contributed by atoms with E-state index in [1.54, 1.807) is 31.2 Å². The van der Waals surface area contributed by atoms with Gasteiger partial charge in [0.05, 0.1) is 0 Å². The van der Waals surface area contributed by atoms with Crippen molar-refractivity contribution in [1.82, 2.24) is 10.2 Å². The molecule has 0 aromatic heterocycles. The van der Waals surface area contributed by atoms with Gasteiger partial charge in [-0.25, -0.2) is 0 Å². The molecule has 0 unspecified atom stereocenters. The van der Waals surface area contributed by atoms with Crippen LogP contribution in [-0.2, 0) is 4.79 Å². The average Bonchev–Trinajstić information content (AvgIpc) is 2.48. The van der Waals surface area contributed by atoms with Gasteiger partial charge < -0.3 is 10.2 Å². The van der Waals surface area contributed by atoms with Gasteiger partial charge in [-0.2, -0.15) is 0 Å². The Morgan fingerprint density at radius 2 is 1.67 bits per heavy atom. The summed E-state index contributed by atoms with van der Waals surface area (Å²) in [7, 11) is 0. The fourth-order valence-electron chi connectivity index (χ4n) is 2.50. The van der Waals surface area contributed by atoms with Crippen molar-refractivity contribution < 1.29 is 14.4 Å². The molecule has 0 atom stereocenters. The standard InChI is InChI=1S/C16H18N2O3/c1-4-17-13-14(18(5-2)10(3)19)16(21)12-9-7-6-8-11(12)15(13)20/h6-9,17H,4-5H2,1-3H3. The van der Waals surface area contributed by atoms with Gasteiger partial charge in [0, 0.05) is 31.1 Å². The Kier molecular flexibility index (Phi) is 4.21. The highest BCUT2D eigenvalue weighted by Crippen LogP contribution is 2.27. The summed E-state index contributed by atoms with van der Waals surface area (Å²) in [4.78, 5) is 38.4. The van der Waals surface area contributed by atoms with Crippen LogP contribution in [-0.4, -0.2) is 35.5 Å². The first-order chi connectivity index (χ1) is 10.0. The molecule has 0 fully saturated rings. The van der Waals surface area contributed by atoms with Gasteiger partial charge >= 0.3 is 0 Å². The summed E-state index contributed by atoms with van der Waals surface area (Å²) >= 11 is 0. The number of rotatable bonds is 4. The van der Waals surface area contributed by atoms with Gasteiger partial charge in [-0.1, -0.05) is 24.3 Å². The van der Waals surface area contributed by atoms with Crippen LogP contribution in [0.5, 0.6) is 0 Å². The molecule has 5 heteroatoms. The molecule has 1 aliphatic carbocycles. The number of fused-ring (bicyclic) bond motifs is 1. The number of allylic oxidation sites excluding steroid dienone is 2. The van der Waals surface area contributed by atoms with E-state index in [0.717, 1.165) is 0 Å². The topological polar surface area (TPSA) is 66.5 Å². The summed E-state index contributed by atoms with van der Waals surface area (Å²) in [5, 5.41) is 2.94. The molecule has 0 saturated carbocycles. The zero-order valence-corrected chi connectivity index (χ0v) is 12.4. The van der Waals surface area contributed by atoms with E-state index < -0.39 is 0 Å². The van der Waals surface area contributed by atoms with E-state index >= 15 is 0 Å². The number of likely N-dealkylation sites (N-methyl/N-ethyl adjacent to an activating group) is 2. The number of amides is 1. The van der Waals surface area contributed by atoms with Crippen molar-refractivity contribution in [3.63, 3.8) is 0 Å². The Balaban J connectivity index is 2.67. The van der Waals surface area contributed by atoms with Crippen LogP contribution < -0.4 is 5.32 Å².